The average molecular weight is 1400 g/mol. The van der Waals surface area contributed by atoms with E-state index in [1.807, 2.05) is 150 Å². The van der Waals surface area contributed by atoms with E-state index >= 15 is 0 Å². The number of rotatable bonds is 16. The van der Waals surface area contributed by atoms with Crippen molar-refractivity contribution in [3.63, 3.8) is 0 Å². The minimum Gasteiger partial charge on any atom is -0.872 e. The van der Waals surface area contributed by atoms with Crippen molar-refractivity contribution in [2.75, 3.05) is 80.5 Å². The van der Waals surface area contributed by atoms with Crippen LogP contribution in [0, 0.1) is 0 Å². The molecule has 24 heteroatoms. The standard InChI is InChI=1S/4C14H16N2O.4CNS.4Cu/c4*1-15-8-9-16-10-13-12-5-3-2-4-11(12)6-7-14(13)17;4*2-1-3;;;;/h4*2-7,10,15,17H,8-9H2,1H3;;;;;;;;/q;;;;4*-1;4*+2/p-4. The van der Waals surface area contributed by atoms with Crippen LogP contribution in [-0.4, -0.2) is 126 Å². The normalized spacial score (nSPS) is 9.57. The number of fused-ring (bicyclic) bond motifs is 4. The van der Waals surface area contributed by atoms with Crippen LogP contribution in [-0.2, 0) is 68.3 Å². The van der Waals surface area contributed by atoms with Crippen molar-refractivity contribution in [1.29, 1.82) is 0 Å². The Morgan fingerprint density at radius 3 is 0.667 bits per heavy atom. The van der Waals surface area contributed by atoms with Gasteiger partial charge in [-0.2, -0.15) is 20.6 Å². The van der Waals surface area contributed by atoms with Gasteiger partial charge >= 0.3 is 68.3 Å². The fourth-order valence-corrected chi connectivity index (χ4v) is 6.96. The van der Waals surface area contributed by atoms with E-state index in [1.165, 1.54) is 20.6 Å². The van der Waals surface area contributed by atoms with Crippen molar-refractivity contribution in [1.82, 2.24) is 21.3 Å². The SMILES string of the molecule is CNCCN=Cc1c([O-])ccc2ccccc12.CNCCN=Cc1c([O-])ccc2ccccc12.CNCCN=Cc1c([O-])ccc2ccccc12.CNCCN=Cc1c([O-])ccc2ccccc12.[Cu+2].[Cu+2].[Cu+2].[Cu+2].[N-]=C=S.[N-]=C=S.[N-]=C=S.[N-]=C=S. The number of hydrogen-bond donors (Lipinski definition) is 4. The number of aliphatic imine (C=N–C) groups is 4. The van der Waals surface area contributed by atoms with Gasteiger partial charge in [0, 0.05) is 51.0 Å². The van der Waals surface area contributed by atoms with Gasteiger partial charge in [-0.3, -0.25) is 20.0 Å². The van der Waals surface area contributed by atoms with E-state index in [9.17, 15) is 20.4 Å². The first-order chi connectivity index (χ1) is 39.0. The summed E-state index contributed by atoms with van der Waals surface area (Å²) in [6, 6.07) is 45.2. The van der Waals surface area contributed by atoms with Gasteiger partial charge in [0.1, 0.15) is 0 Å². The Kier molecular flexibility index (Phi) is 54.9. The van der Waals surface area contributed by atoms with Gasteiger partial charge < -0.3 is 63.3 Å². The second-order valence-electron chi connectivity index (χ2n) is 15.7. The number of nitrogens with zero attached hydrogens (tertiary/aromatic N) is 8. The maximum atomic E-state index is 11.8. The van der Waals surface area contributed by atoms with Crippen LogP contribution in [0.3, 0.4) is 0 Å². The van der Waals surface area contributed by atoms with E-state index in [0.717, 1.165) is 69.3 Å². The molecule has 4 radical (unpaired) electrons. The molecule has 4 N–H and O–H groups in total. The molecule has 0 unspecified atom stereocenters. The molecule has 8 aromatic carbocycles. The van der Waals surface area contributed by atoms with Crippen LogP contribution in [0.2, 0.25) is 0 Å². The quantitative estimate of drug-likeness (QED) is 0.0306. The van der Waals surface area contributed by atoms with E-state index in [2.05, 4.69) is 90.1 Å². The molecule has 0 spiro atoms. The molecule has 84 heavy (non-hydrogen) atoms. The van der Waals surface area contributed by atoms with Gasteiger partial charge in [0.15, 0.2) is 0 Å². The summed E-state index contributed by atoms with van der Waals surface area (Å²) in [4.78, 5) is 17.0. The molecule has 0 aliphatic heterocycles. The zero-order chi connectivity index (χ0) is 59.2. The molecular weight excluding hydrogens is 1340 g/mol. The van der Waals surface area contributed by atoms with Gasteiger partial charge in [-0.25, -0.2) is 0 Å². The topological polar surface area (TPSA) is 279 Å². The second-order valence-corrected chi connectivity index (χ2v) is 16.4. The van der Waals surface area contributed by atoms with E-state index in [1.54, 1.807) is 49.1 Å². The fraction of sp³-hybridized carbons (Fsp3) is 0.200. The van der Waals surface area contributed by atoms with Gasteiger partial charge in [0.05, 0.1) is 26.2 Å². The number of hydrogen-bond acceptors (Lipinski definition) is 16. The van der Waals surface area contributed by atoms with Crippen molar-refractivity contribution in [3.05, 3.63) is 189 Å². The number of nitrogens with one attached hydrogen (secondary N) is 4. The Morgan fingerprint density at radius 2 is 0.500 bits per heavy atom. The first-order valence-electron chi connectivity index (χ1n) is 24.3. The van der Waals surface area contributed by atoms with Crippen molar-refractivity contribution >= 4 is 137 Å². The predicted octanol–water partition coefficient (Wildman–Crippen LogP) is 8.83. The first-order valence-corrected chi connectivity index (χ1v) is 26.0. The van der Waals surface area contributed by atoms with Gasteiger partial charge in [-0.1, -0.05) is 217 Å². The van der Waals surface area contributed by atoms with Crippen LogP contribution in [0.5, 0.6) is 23.0 Å². The van der Waals surface area contributed by atoms with Crippen molar-refractivity contribution in [2.24, 2.45) is 20.0 Å². The van der Waals surface area contributed by atoms with Crippen molar-refractivity contribution < 1.29 is 88.7 Å². The maximum Gasteiger partial charge on any atom is 2.00 e. The second kappa shape index (κ2) is 54.7. The monoisotopic (exact) mass is 1390 g/mol. The van der Waals surface area contributed by atoms with Crippen LogP contribution in [0.4, 0.5) is 0 Å². The zero-order valence-electron chi connectivity index (χ0n) is 45.9. The molecule has 452 valence electrons. The summed E-state index contributed by atoms with van der Waals surface area (Å²) in [6.45, 7) is 5.98. The Bertz CT molecular complexity index is 2950. The molecule has 0 saturated heterocycles. The summed E-state index contributed by atoms with van der Waals surface area (Å²) >= 11 is 14.8. The third kappa shape index (κ3) is 32.7. The summed E-state index contributed by atoms with van der Waals surface area (Å²) in [7, 11) is 7.53. The Balaban J connectivity index is -0.000000469. The number of isothiocyanates is 4. The Morgan fingerprint density at radius 1 is 0.333 bits per heavy atom. The molecule has 0 heterocycles. The molecule has 16 nitrogen and oxygen atoms in total. The van der Waals surface area contributed by atoms with Crippen LogP contribution < -0.4 is 41.7 Å². The third-order valence-electron chi connectivity index (χ3n) is 10.6. The summed E-state index contributed by atoms with van der Waals surface area (Å²) in [5.41, 5.74) is 2.72. The van der Waals surface area contributed by atoms with E-state index in [-0.39, 0.29) is 91.3 Å². The molecule has 0 atom stereocenters. The molecular formula is C60H60Cu4N12O4S4. The van der Waals surface area contributed by atoms with Crippen molar-refractivity contribution in [2.45, 2.75) is 0 Å². The summed E-state index contributed by atoms with van der Waals surface area (Å²) in [5.74, 6) is 0.0997. The minimum absolute atomic E-state index is 0. The predicted molar refractivity (Wildman–Crippen MR) is 343 cm³/mol. The average Bonchev–Trinajstić information content (AvgIpc) is 3.59. The molecule has 0 aliphatic carbocycles. The molecule has 8 aromatic rings. The molecule has 0 fully saturated rings. The zero-order valence-corrected chi connectivity index (χ0v) is 52.9. The Hall–Kier alpha value is -6.20. The summed E-state index contributed by atoms with van der Waals surface area (Å²) in [5, 5.41) is 101. The van der Waals surface area contributed by atoms with Gasteiger partial charge in [0.25, 0.3) is 0 Å². The van der Waals surface area contributed by atoms with Gasteiger partial charge in [-0.05, 0) is 93.5 Å². The molecule has 0 bridgehead atoms. The van der Waals surface area contributed by atoms with E-state index in [4.69, 9.17) is 21.6 Å². The molecule has 0 amide bonds. The fourth-order valence-electron chi connectivity index (χ4n) is 6.96. The van der Waals surface area contributed by atoms with E-state index in [0.29, 0.717) is 48.4 Å². The minimum atomic E-state index is 0. The van der Waals surface area contributed by atoms with Crippen LogP contribution in [0.1, 0.15) is 22.3 Å². The number of likely N-dealkylation sites (N-methyl/N-ethyl adjacent to an activating group) is 4. The maximum absolute atomic E-state index is 11.8. The summed E-state index contributed by atoms with van der Waals surface area (Å²) < 4.78 is 0. The van der Waals surface area contributed by atoms with E-state index < -0.39 is 0 Å². The van der Waals surface area contributed by atoms with Gasteiger partial charge in [0.2, 0.25) is 0 Å². The van der Waals surface area contributed by atoms with Crippen molar-refractivity contribution in [3.8, 4) is 23.0 Å². The van der Waals surface area contributed by atoms with Crippen LogP contribution >= 0.6 is 48.9 Å². The third-order valence-corrected chi connectivity index (χ3v) is 10.6. The summed E-state index contributed by atoms with van der Waals surface area (Å²) in [6.07, 6.45) is 6.73. The first kappa shape index (κ1) is 84.3. The smallest absolute Gasteiger partial charge is 0.872 e. The van der Waals surface area contributed by atoms with Crippen LogP contribution in [0.25, 0.3) is 64.7 Å². The number of benzene rings is 8. The largest absolute Gasteiger partial charge is 2.00 e. The Labute approximate surface area is 555 Å². The van der Waals surface area contributed by atoms with Gasteiger partial charge in [-0.15, -0.1) is 0 Å². The van der Waals surface area contributed by atoms with Crippen LogP contribution in [0.15, 0.2) is 166 Å². The molecule has 0 aromatic heterocycles. The molecule has 0 saturated carbocycles. The molecule has 8 rings (SSSR count). The molecule has 0 aliphatic rings. The number of thiocarbonyl (C=S) groups is 4.